The Morgan fingerprint density at radius 1 is 1.15 bits per heavy atom. The van der Waals surface area contributed by atoms with E-state index in [4.69, 9.17) is 16.3 Å². The predicted octanol–water partition coefficient (Wildman–Crippen LogP) is 4.83. The van der Waals surface area contributed by atoms with Gasteiger partial charge in [-0.3, -0.25) is 0 Å². The molecule has 0 saturated heterocycles. The lowest BCUT2D eigenvalue weighted by molar-refractivity contribution is -0.0365. The van der Waals surface area contributed by atoms with Crippen LogP contribution in [0.4, 0.5) is 0 Å². The maximum atomic E-state index is 6.05. The molecule has 20 heavy (non-hydrogen) atoms. The molecule has 1 rings (SSSR count). The topological polar surface area (TPSA) is 21.3 Å². The first-order valence-corrected chi connectivity index (χ1v) is 7.88. The van der Waals surface area contributed by atoms with E-state index >= 15 is 0 Å². The molecule has 0 amide bonds. The molecular weight excluding hydrogens is 270 g/mol. The molecule has 3 heteroatoms. The average Bonchev–Trinajstić information content (AvgIpc) is 2.38. The van der Waals surface area contributed by atoms with Crippen molar-refractivity contribution in [3.05, 3.63) is 34.9 Å². The smallest absolute Gasteiger partial charge is 0.0817 e. The summed E-state index contributed by atoms with van der Waals surface area (Å²) in [5.41, 5.74) is 1.30. The average molecular weight is 298 g/mol. The molecule has 0 heterocycles. The maximum Gasteiger partial charge on any atom is 0.0817 e. The highest BCUT2D eigenvalue weighted by Crippen LogP contribution is 2.33. The number of rotatable bonds is 7. The summed E-state index contributed by atoms with van der Waals surface area (Å²) in [4.78, 5) is 0. The van der Waals surface area contributed by atoms with Crippen LogP contribution in [0.2, 0.25) is 5.02 Å². The number of ether oxygens (including phenoxy) is 1. The van der Waals surface area contributed by atoms with E-state index in [9.17, 15) is 0 Å². The van der Waals surface area contributed by atoms with Gasteiger partial charge in [-0.2, -0.15) is 0 Å². The number of hydrogen-bond acceptors (Lipinski definition) is 2. The van der Waals surface area contributed by atoms with Crippen LogP contribution in [0, 0.1) is 5.41 Å². The minimum absolute atomic E-state index is 0.0705. The minimum Gasteiger partial charge on any atom is -0.376 e. The normalized spacial score (nSPS) is 15.1. The van der Waals surface area contributed by atoms with E-state index in [2.05, 4.69) is 52.1 Å². The summed E-state index contributed by atoms with van der Waals surface area (Å²) in [6.07, 6.45) is 1.23. The Bertz CT molecular complexity index is 383. The Kier molecular flexibility index (Phi) is 7.01. The minimum atomic E-state index is 0.0705. The number of benzene rings is 1. The maximum absolute atomic E-state index is 6.05. The van der Waals surface area contributed by atoms with Gasteiger partial charge in [-0.25, -0.2) is 0 Å². The van der Waals surface area contributed by atoms with Crippen LogP contribution in [0.5, 0.6) is 0 Å². The van der Waals surface area contributed by atoms with Gasteiger partial charge in [0.2, 0.25) is 0 Å². The molecule has 114 valence electrons. The standard InChI is InChI=1S/C17H28ClNO/c1-6-12-19-15(13-8-10-14(18)11-9-13)16(20-7-2)17(3,4)5/h8-11,15-16,19H,6-7,12H2,1-5H3. The zero-order chi connectivity index (χ0) is 15.2. The van der Waals surface area contributed by atoms with E-state index < -0.39 is 0 Å². The summed E-state index contributed by atoms with van der Waals surface area (Å²) < 4.78 is 6.05. The fraction of sp³-hybridized carbons (Fsp3) is 0.647. The first-order valence-electron chi connectivity index (χ1n) is 7.50. The van der Waals surface area contributed by atoms with Crippen LogP contribution in [0.15, 0.2) is 24.3 Å². The van der Waals surface area contributed by atoms with Gasteiger partial charge in [-0.1, -0.05) is 51.4 Å². The molecule has 0 bridgehead atoms. The molecule has 2 atom stereocenters. The molecule has 1 N–H and O–H groups in total. The molecular formula is C17H28ClNO. The number of nitrogens with one attached hydrogen (secondary N) is 1. The van der Waals surface area contributed by atoms with Crippen molar-refractivity contribution in [3.63, 3.8) is 0 Å². The van der Waals surface area contributed by atoms with Crippen molar-refractivity contribution in [3.8, 4) is 0 Å². The highest BCUT2D eigenvalue weighted by molar-refractivity contribution is 6.30. The largest absolute Gasteiger partial charge is 0.376 e. The van der Waals surface area contributed by atoms with E-state index in [1.54, 1.807) is 0 Å². The van der Waals surface area contributed by atoms with Gasteiger partial charge in [-0.05, 0) is 43.0 Å². The van der Waals surface area contributed by atoms with Crippen LogP contribution < -0.4 is 5.32 Å². The van der Waals surface area contributed by atoms with E-state index in [1.807, 2.05) is 12.1 Å². The van der Waals surface area contributed by atoms with Crippen molar-refractivity contribution < 1.29 is 4.74 Å². The molecule has 0 spiro atoms. The van der Waals surface area contributed by atoms with Gasteiger partial charge in [-0.15, -0.1) is 0 Å². The van der Waals surface area contributed by atoms with Crippen molar-refractivity contribution in [1.82, 2.24) is 5.32 Å². The van der Waals surface area contributed by atoms with Crippen molar-refractivity contribution >= 4 is 11.6 Å². The quantitative estimate of drug-likeness (QED) is 0.778. The van der Waals surface area contributed by atoms with Crippen LogP contribution in [-0.2, 0) is 4.74 Å². The molecule has 0 aromatic heterocycles. The molecule has 0 saturated carbocycles. The van der Waals surface area contributed by atoms with Gasteiger partial charge in [0, 0.05) is 11.6 Å². The van der Waals surface area contributed by atoms with E-state index in [1.165, 1.54) is 5.56 Å². The first kappa shape index (κ1) is 17.5. The number of halogens is 1. The highest BCUT2D eigenvalue weighted by atomic mass is 35.5. The van der Waals surface area contributed by atoms with Crippen LogP contribution in [0.3, 0.4) is 0 Å². The summed E-state index contributed by atoms with van der Waals surface area (Å²) in [7, 11) is 0. The fourth-order valence-corrected chi connectivity index (χ4v) is 2.52. The summed E-state index contributed by atoms with van der Waals surface area (Å²) >= 11 is 6.00. The van der Waals surface area contributed by atoms with Gasteiger partial charge in [0.1, 0.15) is 0 Å². The van der Waals surface area contributed by atoms with Crippen LogP contribution in [-0.4, -0.2) is 19.3 Å². The Balaban J connectivity index is 3.04. The molecule has 2 unspecified atom stereocenters. The SMILES string of the molecule is CCCNC(c1ccc(Cl)cc1)C(OCC)C(C)(C)C. The monoisotopic (exact) mass is 297 g/mol. The Labute approximate surface area is 128 Å². The molecule has 2 nitrogen and oxygen atoms in total. The zero-order valence-corrected chi connectivity index (χ0v) is 14.1. The van der Waals surface area contributed by atoms with Crippen molar-refractivity contribution in [2.75, 3.05) is 13.2 Å². The molecule has 0 aliphatic heterocycles. The van der Waals surface area contributed by atoms with E-state index in [0.29, 0.717) is 0 Å². The summed E-state index contributed by atoms with van der Waals surface area (Å²) in [6, 6.07) is 8.26. The zero-order valence-electron chi connectivity index (χ0n) is 13.4. The second-order valence-corrected chi connectivity index (χ2v) is 6.66. The Morgan fingerprint density at radius 2 is 1.75 bits per heavy atom. The molecule has 0 fully saturated rings. The van der Waals surface area contributed by atoms with Crippen molar-refractivity contribution in [2.45, 2.75) is 53.2 Å². The molecule has 0 aliphatic carbocycles. The van der Waals surface area contributed by atoms with E-state index in [0.717, 1.165) is 24.6 Å². The highest BCUT2D eigenvalue weighted by Gasteiger charge is 2.33. The third kappa shape index (κ3) is 5.08. The third-order valence-corrected chi connectivity index (χ3v) is 3.60. The molecule has 0 radical (unpaired) electrons. The predicted molar refractivity (Wildman–Crippen MR) is 87.4 cm³/mol. The van der Waals surface area contributed by atoms with Crippen LogP contribution in [0.1, 0.15) is 52.6 Å². The lowest BCUT2D eigenvalue weighted by atomic mass is 9.82. The lowest BCUT2D eigenvalue weighted by Gasteiger charge is -2.37. The summed E-state index contributed by atoms with van der Waals surface area (Å²) in [6.45, 7) is 12.6. The van der Waals surface area contributed by atoms with Gasteiger partial charge < -0.3 is 10.1 Å². The summed E-state index contributed by atoms with van der Waals surface area (Å²) in [5, 5.41) is 4.40. The fourth-order valence-electron chi connectivity index (χ4n) is 2.40. The molecule has 1 aromatic rings. The van der Waals surface area contributed by atoms with E-state index in [-0.39, 0.29) is 17.6 Å². The van der Waals surface area contributed by atoms with Crippen LogP contribution >= 0.6 is 11.6 Å². The first-order chi connectivity index (χ1) is 9.40. The van der Waals surface area contributed by atoms with Crippen LogP contribution in [0.25, 0.3) is 0 Å². The van der Waals surface area contributed by atoms with Gasteiger partial charge in [0.05, 0.1) is 12.1 Å². The Morgan fingerprint density at radius 3 is 2.20 bits per heavy atom. The third-order valence-electron chi connectivity index (χ3n) is 3.35. The second-order valence-electron chi connectivity index (χ2n) is 6.23. The molecule has 0 aliphatic rings. The van der Waals surface area contributed by atoms with Gasteiger partial charge >= 0.3 is 0 Å². The van der Waals surface area contributed by atoms with Gasteiger partial charge in [0.25, 0.3) is 0 Å². The van der Waals surface area contributed by atoms with Gasteiger partial charge in [0.15, 0.2) is 0 Å². The second kappa shape index (κ2) is 8.02. The number of hydrogen-bond donors (Lipinski definition) is 1. The summed E-state index contributed by atoms with van der Waals surface area (Å²) in [5.74, 6) is 0. The lowest BCUT2D eigenvalue weighted by Crippen LogP contribution is -2.42. The van der Waals surface area contributed by atoms with Crippen molar-refractivity contribution in [2.24, 2.45) is 5.41 Å². The van der Waals surface area contributed by atoms with Crippen molar-refractivity contribution in [1.29, 1.82) is 0 Å². The molecule has 1 aromatic carbocycles. The Hall–Kier alpha value is -0.570.